The van der Waals surface area contributed by atoms with Crippen molar-refractivity contribution in [3.8, 4) is 0 Å². The van der Waals surface area contributed by atoms with Gasteiger partial charge < -0.3 is 0 Å². The minimum Gasteiger partial charge on any atom is -0.0885 e. The van der Waals surface area contributed by atoms with Gasteiger partial charge in [-0.3, -0.25) is 0 Å². The van der Waals surface area contributed by atoms with Crippen LogP contribution in [0.15, 0.2) is 0 Å². The maximum atomic E-state index is 3.87. The summed E-state index contributed by atoms with van der Waals surface area (Å²) < 4.78 is 0. The van der Waals surface area contributed by atoms with E-state index in [9.17, 15) is 0 Å². The van der Waals surface area contributed by atoms with Crippen molar-refractivity contribution in [2.24, 2.45) is 23.7 Å². The molecule has 2 fully saturated rings. The highest BCUT2D eigenvalue weighted by Gasteiger charge is 2.42. The molecule has 4 unspecified atom stereocenters. The SMILES string of the molecule is CC(C)C(Br)C1CC2CCC1C2. The van der Waals surface area contributed by atoms with Crippen LogP contribution in [0, 0.1) is 23.7 Å². The second-order valence-corrected chi connectivity index (χ2v) is 6.08. The zero-order valence-corrected chi connectivity index (χ0v) is 9.68. The quantitative estimate of drug-likeness (QED) is 0.633. The highest BCUT2D eigenvalue weighted by atomic mass is 79.9. The number of halogens is 1. The fraction of sp³-hybridized carbons (Fsp3) is 1.00. The second-order valence-electron chi connectivity index (χ2n) is 5.03. The van der Waals surface area contributed by atoms with Crippen LogP contribution in [0.3, 0.4) is 0 Å². The molecular weight excluding hydrogens is 212 g/mol. The lowest BCUT2D eigenvalue weighted by atomic mass is 9.83. The first-order valence-corrected chi connectivity index (χ1v) is 6.24. The summed E-state index contributed by atoms with van der Waals surface area (Å²) in [5.74, 6) is 3.98. The fourth-order valence-corrected chi connectivity index (χ4v) is 3.83. The molecular formula is C11H19Br. The van der Waals surface area contributed by atoms with Gasteiger partial charge in [0, 0.05) is 4.83 Å². The van der Waals surface area contributed by atoms with Crippen LogP contribution in [0.5, 0.6) is 0 Å². The van der Waals surface area contributed by atoms with Crippen molar-refractivity contribution in [1.29, 1.82) is 0 Å². The second kappa shape index (κ2) is 3.32. The number of alkyl halides is 1. The molecule has 70 valence electrons. The van der Waals surface area contributed by atoms with E-state index in [2.05, 4.69) is 29.8 Å². The summed E-state index contributed by atoms with van der Waals surface area (Å²) in [5.41, 5.74) is 0. The zero-order chi connectivity index (χ0) is 8.72. The normalized spacial score (nSPS) is 42.5. The average Bonchev–Trinajstić information content (AvgIpc) is 2.62. The molecule has 0 amide bonds. The van der Waals surface area contributed by atoms with E-state index in [1.807, 2.05) is 0 Å². The van der Waals surface area contributed by atoms with Gasteiger partial charge in [-0.05, 0) is 42.9 Å². The molecule has 0 nitrogen and oxygen atoms in total. The van der Waals surface area contributed by atoms with Crippen LogP contribution in [-0.2, 0) is 0 Å². The average molecular weight is 231 g/mol. The van der Waals surface area contributed by atoms with Gasteiger partial charge in [-0.1, -0.05) is 36.2 Å². The molecule has 2 aliphatic rings. The van der Waals surface area contributed by atoms with Crippen molar-refractivity contribution in [2.75, 3.05) is 0 Å². The summed E-state index contributed by atoms with van der Waals surface area (Å²) in [6.45, 7) is 4.68. The van der Waals surface area contributed by atoms with Crippen LogP contribution < -0.4 is 0 Å². The number of fused-ring (bicyclic) bond motifs is 2. The Morgan fingerprint density at radius 2 is 1.92 bits per heavy atom. The molecule has 0 aromatic carbocycles. The van der Waals surface area contributed by atoms with Gasteiger partial charge in [0.2, 0.25) is 0 Å². The summed E-state index contributed by atoms with van der Waals surface area (Å²) in [4.78, 5) is 0.785. The van der Waals surface area contributed by atoms with Gasteiger partial charge in [0.1, 0.15) is 0 Å². The van der Waals surface area contributed by atoms with E-state index >= 15 is 0 Å². The molecule has 0 N–H and O–H groups in total. The van der Waals surface area contributed by atoms with Crippen molar-refractivity contribution < 1.29 is 0 Å². The zero-order valence-electron chi connectivity index (χ0n) is 8.09. The van der Waals surface area contributed by atoms with Gasteiger partial charge in [-0.2, -0.15) is 0 Å². The highest BCUT2D eigenvalue weighted by Crippen LogP contribution is 2.51. The smallest absolute Gasteiger partial charge is 0.0199 e. The molecule has 2 aliphatic carbocycles. The molecule has 12 heavy (non-hydrogen) atoms. The predicted octanol–water partition coefficient (Wildman–Crippen LogP) is 3.84. The molecule has 0 radical (unpaired) electrons. The van der Waals surface area contributed by atoms with Gasteiger partial charge in [0.15, 0.2) is 0 Å². The van der Waals surface area contributed by atoms with Crippen molar-refractivity contribution >= 4 is 15.9 Å². The molecule has 2 bridgehead atoms. The van der Waals surface area contributed by atoms with E-state index in [0.717, 1.165) is 28.5 Å². The van der Waals surface area contributed by atoms with Crippen LogP contribution in [0.4, 0.5) is 0 Å². The molecule has 4 atom stereocenters. The largest absolute Gasteiger partial charge is 0.0885 e. The molecule has 1 heteroatoms. The van der Waals surface area contributed by atoms with Crippen LogP contribution in [-0.4, -0.2) is 4.83 Å². The molecule has 0 aliphatic heterocycles. The summed E-state index contributed by atoms with van der Waals surface area (Å²) in [6.07, 6.45) is 6.10. The monoisotopic (exact) mass is 230 g/mol. The van der Waals surface area contributed by atoms with Crippen molar-refractivity contribution in [3.63, 3.8) is 0 Å². The molecule has 2 saturated carbocycles. The van der Waals surface area contributed by atoms with Crippen molar-refractivity contribution in [2.45, 2.75) is 44.4 Å². The maximum absolute atomic E-state index is 3.87. The van der Waals surface area contributed by atoms with Crippen molar-refractivity contribution in [3.05, 3.63) is 0 Å². The summed E-state index contributed by atoms with van der Waals surface area (Å²) in [5, 5.41) is 0. The lowest BCUT2D eigenvalue weighted by molar-refractivity contribution is 0.297. The fourth-order valence-electron chi connectivity index (χ4n) is 3.18. The minimum absolute atomic E-state index is 0.785. The Bertz CT molecular complexity index is 164. The summed E-state index contributed by atoms with van der Waals surface area (Å²) in [6, 6.07) is 0. The van der Waals surface area contributed by atoms with E-state index in [4.69, 9.17) is 0 Å². The lowest BCUT2D eigenvalue weighted by Gasteiger charge is -2.28. The van der Waals surface area contributed by atoms with Gasteiger partial charge in [-0.15, -0.1) is 0 Å². The van der Waals surface area contributed by atoms with E-state index in [1.165, 1.54) is 19.3 Å². The van der Waals surface area contributed by atoms with Gasteiger partial charge in [0.05, 0.1) is 0 Å². The molecule has 0 saturated heterocycles. The summed E-state index contributed by atoms with van der Waals surface area (Å²) in [7, 11) is 0. The van der Waals surface area contributed by atoms with E-state index in [0.29, 0.717) is 0 Å². The first-order valence-electron chi connectivity index (χ1n) is 5.32. The van der Waals surface area contributed by atoms with Crippen LogP contribution >= 0.6 is 15.9 Å². The highest BCUT2D eigenvalue weighted by molar-refractivity contribution is 9.09. The van der Waals surface area contributed by atoms with E-state index in [1.54, 1.807) is 6.42 Å². The summed E-state index contributed by atoms with van der Waals surface area (Å²) >= 11 is 3.87. The van der Waals surface area contributed by atoms with Crippen molar-refractivity contribution in [1.82, 2.24) is 0 Å². The molecule has 0 spiro atoms. The van der Waals surface area contributed by atoms with E-state index in [-0.39, 0.29) is 0 Å². The van der Waals surface area contributed by atoms with Crippen LogP contribution in [0.1, 0.15) is 39.5 Å². The Balaban J connectivity index is 1.97. The molecule has 2 rings (SSSR count). The van der Waals surface area contributed by atoms with Crippen LogP contribution in [0.2, 0.25) is 0 Å². The Morgan fingerprint density at radius 3 is 2.33 bits per heavy atom. The minimum atomic E-state index is 0.785. The Labute approximate surface area is 84.2 Å². The van der Waals surface area contributed by atoms with E-state index < -0.39 is 0 Å². The lowest BCUT2D eigenvalue weighted by Crippen LogP contribution is -2.24. The van der Waals surface area contributed by atoms with Gasteiger partial charge in [-0.25, -0.2) is 0 Å². The van der Waals surface area contributed by atoms with Gasteiger partial charge in [0.25, 0.3) is 0 Å². The predicted molar refractivity (Wildman–Crippen MR) is 56.5 cm³/mol. The number of hydrogen-bond donors (Lipinski definition) is 0. The number of rotatable bonds is 2. The maximum Gasteiger partial charge on any atom is 0.0199 e. The third-order valence-corrected chi connectivity index (χ3v) is 5.58. The Kier molecular flexibility index (Phi) is 2.51. The standard InChI is InChI=1S/C11H19Br/c1-7(2)11(12)10-6-8-3-4-9(10)5-8/h7-11H,3-6H2,1-2H3. The first kappa shape index (κ1) is 9.05. The van der Waals surface area contributed by atoms with Crippen LogP contribution in [0.25, 0.3) is 0 Å². The number of hydrogen-bond acceptors (Lipinski definition) is 0. The molecule has 0 heterocycles. The van der Waals surface area contributed by atoms with Gasteiger partial charge >= 0.3 is 0 Å². The third kappa shape index (κ3) is 1.45. The topological polar surface area (TPSA) is 0 Å². The Morgan fingerprint density at radius 1 is 1.17 bits per heavy atom. The third-order valence-electron chi connectivity index (χ3n) is 3.84. The molecule has 0 aromatic rings. The first-order chi connectivity index (χ1) is 5.68. The Hall–Kier alpha value is 0.480. The molecule has 0 aromatic heterocycles.